The van der Waals surface area contributed by atoms with Crippen molar-refractivity contribution in [2.45, 2.75) is 59.3 Å². The van der Waals surface area contributed by atoms with E-state index in [1.165, 1.54) is 5.56 Å². The van der Waals surface area contributed by atoms with E-state index in [1.54, 1.807) is 0 Å². The fourth-order valence-electron chi connectivity index (χ4n) is 2.51. The van der Waals surface area contributed by atoms with Crippen LogP contribution >= 0.6 is 0 Å². The van der Waals surface area contributed by atoms with Crippen LogP contribution < -0.4 is 5.32 Å². The fraction of sp³-hybridized carbons (Fsp3) is 0.474. The number of aryl methyl sites for hydroxylation is 1. The monoisotopic (exact) mass is 313 g/mol. The molecule has 0 spiro atoms. The van der Waals surface area contributed by atoms with Crippen molar-refractivity contribution in [3.63, 3.8) is 0 Å². The predicted molar refractivity (Wildman–Crippen MR) is 95.6 cm³/mol. The van der Waals surface area contributed by atoms with Crippen molar-refractivity contribution in [1.29, 1.82) is 0 Å². The molecule has 0 saturated heterocycles. The minimum Gasteiger partial charge on any atom is -0.323 e. The highest BCUT2D eigenvalue weighted by molar-refractivity contribution is 5.95. The van der Waals surface area contributed by atoms with Crippen molar-refractivity contribution < 1.29 is 4.79 Å². The summed E-state index contributed by atoms with van der Waals surface area (Å²) in [4.78, 5) is 11.9. The smallest absolute Gasteiger partial charge is 0.224 e. The van der Waals surface area contributed by atoms with Crippen LogP contribution in [0.5, 0.6) is 0 Å². The Kier molecular flexibility index (Phi) is 5.24. The molecule has 0 saturated carbocycles. The van der Waals surface area contributed by atoms with Crippen LogP contribution in [0, 0.1) is 0 Å². The second-order valence-corrected chi connectivity index (χ2v) is 6.90. The average molecular weight is 313 g/mol. The molecule has 1 aromatic carbocycles. The van der Waals surface area contributed by atoms with Crippen LogP contribution in [0.15, 0.2) is 24.3 Å². The van der Waals surface area contributed by atoms with Crippen molar-refractivity contribution in [3.8, 4) is 11.3 Å². The summed E-state index contributed by atoms with van der Waals surface area (Å²) in [5, 5.41) is 10.5. The molecule has 0 aliphatic heterocycles. The number of aromatic amines is 1. The minimum atomic E-state index is 0.0105. The first kappa shape index (κ1) is 17.3. The molecule has 0 aliphatic carbocycles. The number of nitrogens with one attached hydrogen (secondary N) is 2. The van der Waals surface area contributed by atoms with E-state index in [-0.39, 0.29) is 11.3 Å². The van der Waals surface area contributed by atoms with Crippen LogP contribution in [-0.2, 0) is 16.6 Å². The molecule has 2 N–H and O–H groups in total. The van der Waals surface area contributed by atoms with Gasteiger partial charge in [0, 0.05) is 12.0 Å². The molecule has 1 aromatic heterocycles. The van der Waals surface area contributed by atoms with Crippen molar-refractivity contribution in [2.75, 3.05) is 5.32 Å². The Hall–Kier alpha value is -2.10. The first-order valence-corrected chi connectivity index (χ1v) is 8.34. The zero-order chi connectivity index (χ0) is 17.0. The Labute approximate surface area is 138 Å². The van der Waals surface area contributed by atoms with Crippen molar-refractivity contribution in [2.24, 2.45) is 0 Å². The molecule has 0 fully saturated rings. The van der Waals surface area contributed by atoms with Gasteiger partial charge in [0.25, 0.3) is 0 Å². The molecule has 124 valence electrons. The topological polar surface area (TPSA) is 57.8 Å². The molecule has 4 nitrogen and oxygen atoms in total. The number of benzene rings is 1. The summed E-state index contributed by atoms with van der Waals surface area (Å²) in [5.41, 5.74) is 5.05. The van der Waals surface area contributed by atoms with E-state index < -0.39 is 0 Å². The molecule has 0 unspecified atom stereocenters. The normalized spacial score (nSPS) is 11.5. The Morgan fingerprint density at radius 1 is 1.17 bits per heavy atom. The molecule has 1 heterocycles. The zero-order valence-corrected chi connectivity index (χ0v) is 14.8. The van der Waals surface area contributed by atoms with Crippen molar-refractivity contribution in [1.82, 2.24) is 10.2 Å². The van der Waals surface area contributed by atoms with E-state index in [9.17, 15) is 4.79 Å². The number of H-pyrrole nitrogens is 1. The van der Waals surface area contributed by atoms with Gasteiger partial charge in [-0.25, -0.2) is 0 Å². The van der Waals surface area contributed by atoms with E-state index in [2.05, 4.69) is 67.5 Å². The van der Waals surface area contributed by atoms with Crippen LogP contribution in [0.4, 0.5) is 5.69 Å². The molecule has 4 heteroatoms. The molecule has 2 aromatic rings. The van der Waals surface area contributed by atoms with Crippen molar-refractivity contribution >= 4 is 11.6 Å². The predicted octanol–water partition coefficient (Wildman–Crippen LogP) is 4.68. The van der Waals surface area contributed by atoms with Gasteiger partial charge < -0.3 is 5.32 Å². The highest BCUT2D eigenvalue weighted by Gasteiger charge is 2.18. The van der Waals surface area contributed by atoms with Crippen LogP contribution in [0.1, 0.15) is 58.7 Å². The number of amides is 1. The molecule has 0 atom stereocenters. The average Bonchev–Trinajstić information content (AvgIpc) is 2.89. The minimum absolute atomic E-state index is 0.0105. The van der Waals surface area contributed by atoms with E-state index >= 15 is 0 Å². The zero-order valence-electron chi connectivity index (χ0n) is 14.8. The maximum atomic E-state index is 11.9. The van der Waals surface area contributed by atoms with E-state index in [4.69, 9.17) is 0 Å². The molecule has 0 radical (unpaired) electrons. The van der Waals surface area contributed by atoms with Gasteiger partial charge in [0.1, 0.15) is 5.69 Å². The second kappa shape index (κ2) is 6.99. The maximum Gasteiger partial charge on any atom is 0.224 e. The Balaban J connectivity index is 2.40. The SMILES string of the molecule is CCCc1[nH]nc(-c2ccc(C(C)(C)C)cc2)c1NC(=O)CC. The van der Waals surface area contributed by atoms with Gasteiger partial charge >= 0.3 is 0 Å². The summed E-state index contributed by atoms with van der Waals surface area (Å²) in [6.45, 7) is 10.6. The Morgan fingerprint density at radius 2 is 1.83 bits per heavy atom. The largest absolute Gasteiger partial charge is 0.323 e. The van der Waals surface area contributed by atoms with Gasteiger partial charge in [-0.2, -0.15) is 5.10 Å². The summed E-state index contributed by atoms with van der Waals surface area (Å²) < 4.78 is 0. The number of hydrogen-bond acceptors (Lipinski definition) is 2. The van der Waals surface area contributed by atoms with Gasteiger partial charge in [-0.15, -0.1) is 0 Å². The lowest BCUT2D eigenvalue weighted by Gasteiger charge is -2.19. The highest BCUT2D eigenvalue weighted by Crippen LogP contribution is 2.31. The molecular formula is C19H27N3O. The molecule has 1 amide bonds. The third-order valence-corrected chi connectivity index (χ3v) is 3.95. The van der Waals surface area contributed by atoms with E-state index in [1.807, 2.05) is 6.92 Å². The van der Waals surface area contributed by atoms with Gasteiger partial charge in [-0.05, 0) is 17.4 Å². The molecular weight excluding hydrogens is 286 g/mol. The molecule has 23 heavy (non-hydrogen) atoms. The summed E-state index contributed by atoms with van der Waals surface area (Å²) in [5.74, 6) is 0.0105. The Bertz CT molecular complexity index is 663. The van der Waals surface area contributed by atoms with Crippen LogP contribution in [-0.4, -0.2) is 16.1 Å². The summed E-state index contributed by atoms with van der Waals surface area (Å²) in [6, 6.07) is 8.42. The van der Waals surface area contributed by atoms with Crippen molar-refractivity contribution in [3.05, 3.63) is 35.5 Å². The number of anilines is 1. The third-order valence-electron chi connectivity index (χ3n) is 3.95. The van der Waals surface area contributed by atoms with E-state index in [0.29, 0.717) is 6.42 Å². The lowest BCUT2D eigenvalue weighted by molar-refractivity contribution is -0.115. The first-order chi connectivity index (χ1) is 10.9. The number of carbonyl (C=O) groups excluding carboxylic acids is 1. The van der Waals surface area contributed by atoms with Crippen LogP contribution in [0.3, 0.4) is 0 Å². The number of nitrogens with zero attached hydrogens (tertiary/aromatic N) is 1. The molecule has 0 aliphatic rings. The molecule has 2 rings (SSSR count). The maximum absolute atomic E-state index is 11.9. The van der Waals surface area contributed by atoms with Gasteiger partial charge in [0.05, 0.1) is 11.4 Å². The number of aromatic nitrogens is 2. The fourth-order valence-corrected chi connectivity index (χ4v) is 2.51. The van der Waals surface area contributed by atoms with Crippen LogP contribution in [0.25, 0.3) is 11.3 Å². The lowest BCUT2D eigenvalue weighted by atomic mass is 9.86. The number of rotatable bonds is 5. The third kappa shape index (κ3) is 4.01. The molecule has 0 bridgehead atoms. The van der Waals surface area contributed by atoms with Crippen LogP contribution in [0.2, 0.25) is 0 Å². The van der Waals surface area contributed by atoms with Gasteiger partial charge in [0.15, 0.2) is 0 Å². The lowest BCUT2D eigenvalue weighted by Crippen LogP contribution is -2.12. The van der Waals surface area contributed by atoms with Gasteiger partial charge in [-0.3, -0.25) is 9.89 Å². The Morgan fingerprint density at radius 3 is 2.35 bits per heavy atom. The van der Waals surface area contributed by atoms with E-state index in [0.717, 1.165) is 35.5 Å². The number of hydrogen-bond donors (Lipinski definition) is 2. The summed E-state index contributed by atoms with van der Waals surface area (Å²) in [7, 11) is 0. The van der Waals surface area contributed by atoms with Gasteiger partial charge in [-0.1, -0.05) is 65.3 Å². The van der Waals surface area contributed by atoms with Gasteiger partial charge in [0.2, 0.25) is 5.91 Å². The second-order valence-electron chi connectivity index (χ2n) is 6.90. The summed E-state index contributed by atoms with van der Waals surface area (Å²) in [6.07, 6.45) is 2.32. The first-order valence-electron chi connectivity index (χ1n) is 8.34. The quantitative estimate of drug-likeness (QED) is 0.842. The summed E-state index contributed by atoms with van der Waals surface area (Å²) >= 11 is 0. The standard InChI is InChI=1S/C19H27N3O/c1-6-8-15-18(20-16(23)7-2)17(22-21-15)13-9-11-14(12-10-13)19(3,4)5/h9-12H,6-8H2,1-5H3,(H,20,23)(H,21,22). The highest BCUT2D eigenvalue weighted by atomic mass is 16.1. The number of carbonyl (C=O) groups is 1.